The van der Waals surface area contributed by atoms with Gasteiger partial charge in [0.25, 0.3) is 0 Å². The summed E-state index contributed by atoms with van der Waals surface area (Å²) >= 11 is 0. The second kappa shape index (κ2) is 3.66. The molecule has 0 aromatic heterocycles. The molecule has 2 atom stereocenters. The predicted molar refractivity (Wildman–Crippen MR) is 49.1 cm³/mol. The van der Waals surface area contributed by atoms with Crippen LogP contribution < -0.4 is 0 Å². The van der Waals surface area contributed by atoms with Crippen LogP contribution in [-0.4, -0.2) is 35.6 Å². The summed E-state index contributed by atoms with van der Waals surface area (Å²) in [5.41, 5.74) is 0. The average Bonchev–Trinajstić information content (AvgIpc) is 2.54. The highest BCUT2D eigenvalue weighted by Crippen LogP contribution is 2.35. The fourth-order valence-electron chi connectivity index (χ4n) is 2.28. The van der Waals surface area contributed by atoms with E-state index in [4.69, 9.17) is 5.11 Å². The average molecular weight is 183 g/mol. The highest BCUT2D eigenvalue weighted by molar-refractivity contribution is 5.80. The van der Waals surface area contributed by atoms with Gasteiger partial charge in [-0.2, -0.15) is 0 Å². The number of aliphatic hydroxyl groups is 1. The Morgan fingerprint density at radius 2 is 2.00 bits per heavy atom. The van der Waals surface area contributed by atoms with Crippen LogP contribution in [0.1, 0.15) is 25.7 Å². The van der Waals surface area contributed by atoms with E-state index in [2.05, 4.69) is 0 Å². The first-order valence-electron chi connectivity index (χ1n) is 5.22. The molecule has 74 valence electrons. The first-order valence-corrected chi connectivity index (χ1v) is 5.22. The molecule has 0 radical (unpaired) electrons. The zero-order valence-corrected chi connectivity index (χ0v) is 7.91. The van der Waals surface area contributed by atoms with Crippen LogP contribution in [0.5, 0.6) is 0 Å². The molecule has 0 spiro atoms. The molecule has 0 aromatic carbocycles. The monoisotopic (exact) mass is 183 g/mol. The summed E-state index contributed by atoms with van der Waals surface area (Å²) in [6, 6.07) is 0. The van der Waals surface area contributed by atoms with Gasteiger partial charge in [-0.25, -0.2) is 0 Å². The van der Waals surface area contributed by atoms with Crippen molar-refractivity contribution in [1.29, 1.82) is 0 Å². The van der Waals surface area contributed by atoms with E-state index >= 15 is 0 Å². The highest BCUT2D eigenvalue weighted by Gasteiger charge is 2.38. The van der Waals surface area contributed by atoms with Crippen LogP contribution in [0, 0.1) is 11.8 Å². The molecule has 1 saturated carbocycles. The zero-order chi connectivity index (χ0) is 9.26. The van der Waals surface area contributed by atoms with Crippen LogP contribution in [-0.2, 0) is 4.79 Å². The quantitative estimate of drug-likeness (QED) is 0.682. The minimum absolute atomic E-state index is 0.142. The molecule has 2 rings (SSSR count). The minimum atomic E-state index is 0.142. The lowest BCUT2D eigenvalue weighted by molar-refractivity contribution is -0.141. The van der Waals surface area contributed by atoms with Gasteiger partial charge in [-0.15, -0.1) is 0 Å². The summed E-state index contributed by atoms with van der Waals surface area (Å²) in [4.78, 5) is 13.8. The molecule has 1 aliphatic carbocycles. The maximum absolute atomic E-state index is 11.8. The summed E-state index contributed by atoms with van der Waals surface area (Å²) in [7, 11) is 0. The number of rotatable bonds is 2. The van der Waals surface area contributed by atoms with Gasteiger partial charge in [0.2, 0.25) is 5.91 Å². The number of hydrogen-bond donors (Lipinski definition) is 1. The Morgan fingerprint density at radius 1 is 1.31 bits per heavy atom. The Bertz CT molecular complexity index is 197. The molecule has 0 bridgehead atoms. The molecular formula is C10H17NO2. The van der Waals surface area contributed by atoms with E-state index in [0.29, 0.717) is 5.91 Å². The van der Waals surface area contributed by atoms with Gasteiger partial charge < -0.3 is 10.0 Å². The van der Waals surface area contributed by atoms with Crippen LogP contribution in [0.25, 0.3) is 0 Å². The lowest BCUT2D eigenvalue weighted by atomic mass is 9.73. The van der Waals surface area contributed by atoms with Crippen molar-refractivity contribution in [2.24, 2.45) is 11.8 Å². The normalized spacial score (nSPS) is 33.2. The van der Waals surface area contributed by atoms with Gasteiger partial charge in [-0.05, 0) is 31.6 Å². The largest absolute Gasteiger partial charge is 0.396 e. The fourth-order valence-corrected chi connectivity index (χ4v) is 2.28. The highest BCUT2D eigenvalue weighted by atomic mass is 16.3. The Kier molecular flexibility index (Phi) is 2.54. The van der Waals surface area contributed by atoms with E-state index in [1.54, 1.807) is 0 Å². The molecule has 3 heteroatoms. The topological polar surface area (TPSA) is 40.5 Å². The predicted octanol–water partition coefficient (Wildman–Crippen LogP) is 0.627. The van der Waals surface area contributed by atoms with Crippen molar-refractivity contribution in [3.63, 3.8) is 0 Å². The van der Waals surface area contributed by atoms with Crippen molar-refractivity contribution in [1.82, 2.24) is 4.90 Å². The van der Waals surface area contributed by atoms with Crippen molar-refractivity contribution in [2.75, 3.05) is 19.7 Å². The lowest BCUT2D eigenvalue weighted by Gasteiger charge is -2.36. The Hall–Kier alpha value is -0.570. The molecule has 13 heavy (non-hydrogen) atoms. The number of carbonyl (C=O) groups excluding carboxylic acids is 1. The number of amides is 1. The number of nitrogens with zero attached hydrogens (tertiary/aromatic N) is 1. The number of likely N-dealkylation sites (tertiary alicyclic amines) is 1. The van der Waals surface area contributed by atoms with Crippen molar-refractivity contribution >= 4 is 5.91 Å². The van der Waals surface area contributed by atoms with Gasteiger partial charge in [0.15, 0.2) is 0 Å². The standard InChI is InChI=1S/C10H17NO2/c12-7-8-3-4-9(8)10(13)11-5-1-2-6-11/h8-9,12H,1-7H2/t8-,9-/m1/s1. The molecule has 2 fully saturated rings. The maximum atomic E-state index is 11.8. The number of carbonyl (C=O) groups is 1. The van der Waals surface area contributed by atoms with Crippen molar-refractivity contribution < 1.29 is 9.90 Å². The van der Waals surface area contributed by atoms with Gasteiger partial charge in [-0.1, -0.05) is 0 Å². The van der Waals surface area contributed by atoms with Crippen molar-refractivity contribution in [2.45, 2.75) is 25.7 Å². The molecule has 0 aromatic rings. The summed E-state index contributed by atoms with van der Waals surface area (Å²) in [6.07, 6.45) is 4.33. The molecule has 1 heterocycles. The molecule has 1 N–H and O–H groups in total. The van der Waals surface area contributed by atoms with E-state index in [9.17, 15) is 4.79 Å². The van der Waals surface area contributed by atoms with Crippen LogP contribution >= 0.6 is 0 Å². The molecule has 1 aliphatic heterocycles. The lowest BCUT2D eigenvalue weighted by Crippen LogP contribution is -2.43. The summed E-state index contributed by atoms with van der Waals surface area (Å²) in [5, 5.41) is 8.98. The Balaban J connectivity index is 1.89. The fraction of sp³-hybridized carbons (Fsp3) is 0.900. The van der Waals surface area contributed by atoms with Crippen LogP contribution in [0.4, 0.5) is 0 Å². The maximum Gasteiger partial charge on any atom is 0.226 e. The third-order valence-corrected chi connectivity index (χ3v) is 3.39. The van der Waals surface area contributed by atoms with Crippen molar-refractivity contribution in [3.8, 4) is 0 Å². The Morgan fingerprint density at radius 3 is 2.46 bits per heavy atom. The first kappa shape index (κ1) is 9.00. The summed E-state index contributed by atoms with van der Waals surface area (Å²) in [6.45, 7) is 2.06. The Labute approximate surface area is 78.7 Å². The zero-order valence-electron chi connectivity index (χ0n) is 7.91. The van der Waals surface area contributed by atoms with Crippen LogP contribution in [0.2, 0.25) is 0 Å². The van der Waals surface area contributed by atoms with Gasteiger partial charge >= 0.3 is 0 Å². The number of aliphatic hydroxyl groups excluding tert-OH is 1. The summed E-state index contributed by atoms with van der Waals surface area (Å²) < 4.78 is 0. The van der Waals surface area contributed by atoms with E-state index in [-0.39, 0.29) is 18.4 Å². The summed E-state index contributed by atoms with van der Waals surface area (Å²) in [5.74, 6) is 0.694. The third kappa shape index (κ3) is 1.57. The second-order valence-electron chi connectivity index (χ2n) is 4.16. The minimum Gasteiger partial charge on any atom is -0.396 e. The molecule has 1 amide bonds. The molecule has 2 aliphatic rings. The van der Waals surface area contributed by atoms with Gasteiger partial charge in [0.05, 0.1) is 0 Å². The van der Waals surface area contributed by atoms with E-state index < -0.39 is 0 Å². The number of hydrogen-bond acceptors (Lipinski definition) is 2. The molecule has 3 nitrogen and oxygen atoms in total. The van der Waals surface area contributed by atoms with Gasteiger partial charge in [-0.3, -0.25) is 4.79 Å². The van der Waals surface area contributed by atoms with E-state index in [1.807, 2.05) is 4.90 Å². The van der Waals surface area contributed by atoms with Crippen molar-refractivity contribution in [3.05, 3.63) is 0 Å². The smallest absolute Gasteiger partial charge is 0.226 e. The van der Waals surface area contributed by atoms with Gasteiger partial charge in [0.1, 0.15) is 0 Å². The van der Waals surface area contributed by atoms with E-state index in [0.717, 1.165) is 38.8 Å². The third-order valence-electron chi connectivity index (χ3n) is 3.39. The van der Waals surface area contributed by atoms with Crippen LogP contribution in [0.3, 0.4) is 0 Å². The first-order chi connectivity index (χ1) is 6.33. The van der Waals surface area contributed by atoms with Gasteiger partial charge in [0, 0.05) is 25.6 Å². The second-order valence-corrected chi connectivity index (χ2v) is 4.16. The van der Waals surface area contributed by atoms with E-state index in [1.165, 1.54) is 0 Å². The van der Waals surface area contributed by atoms with Crippen LogP contribution in [0.15, 0.2) is 0 Å². The SMILES string of the molecule is O=C([C@@H]1CC[C@@H]1CO)N1CCCC1. The molecule has 0 unspecified atom stereocenters. The molecule has 1 saturated heterocycles. The molecular weight excluding hydrogens is 166 g/mol.